The smallest absolute Gasteiger partial charge is 0.222 e. The molecule has 24 heavy (non-hydrogen) atoms. The molecule has 0 unspecified atom stereocenters. The van der Waals surface area contributed by atoms with Gasteiger partial charge in [-0.1, -0.05) is 6.07 Å². The van der Waals surface area contributed by atoms with Crippen LogP contribution >= 0.6 is 0 Å². The number of aromatic nitrogens is 1. The van der Waals surface area contributed by atoms with Crippen LogP contribution in [0, 0.1) is 5.92 Å². The third-order valence-electron chi connectivity index (χ3n) is 5.30. The lowest BCUT2D eigenvalue weighted by molar-refractivity contribution is -0.141. The van der Waals surface area contributed by atoms with Gasteiger partial charge in [0.15, 0.2) is 0 Å². The minimum Gasteiger partial charge on any atom is -0.385 e. The number of hydrogen-bond donors (Lipinski definition) is 1. The van der Waals surface area contributed by atoms with Crippen LogP contribution in [0.4, 0.5) is 5.82 Å². The molecule has 0 aromatic carbocycles. The van der Waals surface area contributed by atoms with Crippen molar-refractivity contribution in [2.45, 2.75) is 38.3 Å². The zero-order valence-corrected chi connectivity index (χ0v) is 14.5. The highest BCUT2D eigenvalue weighted by atomic mass is 16.5. The van der Waals surface area contributed by atoms with Crippen LogP contribution in [0.15, 0.2) is 18.3 Å². The van der Waals surface area contributed by atoms with Gasteiger partial charge < -0.3 is 15.4 Å². The summed E-state index contributed by atoms with van der Waals surface area (Å²) in [6, 6.07) is 4.39. The van der Waals surface area contributed by atoms with Gasteiger partial charge in [-0.2, -0.15) is 0 Å². The maximum atomic E-state index is 12.3. The summed E-state index contributed by atoms with van der Waals surface area (Å²) in [6.07, 6.45) is 5.38. The van der Waals surface area contributed by atoms with Crippen molar-refractivity contribution >= 4 is 11.7 Å². The number of ether oxygens (including phenoxy) is 1. The molecule has 2 fully saturated rings. The van der Waals surface area contributed by atoms with Crippen LogP contribution in [-0.2, 0) is 16.1 Å². The van der Waals surface area contributed by atoms with E-state index in [2.05, 4.69) is 20.9 Å². The van der Waals surface area contributed by atoms with Crippen molar-refractivity contribution in [2.24, 2.45) is 5.92 Å². The Balaban J connectivity index is 1.60. The molecule has 2 atom stereocenters. The van der Waals surface area contributed by atoms with Crippen molar-refractivity contribution < 1.29 is 9.53 Å². The standard InChI is InChI=1S/C18H28N4O2/c1-24-11-3-9-22-16-7-10-21(12-14(16)5-6-17(22)23)13-15-4-2-8-20-18(15)19/h2,4,8,14,16H,3,5-7,9-13H2,1H3,(H2,19,20)/t14-,16+/m0/s1. The van der Waals surface area contributed by atoms with Gasteiger partial charge in [0.05, 0.1) is 0 Å². The summed E-state index contributed by atoms with van der Waals surface area (Å²) in [6.45, 7) is 4.42. The number of rotatable bonds is 6. The quantitative estimate of drug-likeness (QED) is 0.800. The van der Waals surface area contributed by atoms with E-state index in [9.17, 15) is 4.79 Å². The van der Waals surface area contributed by atoms with Gasteiger partial charge >= 0.3 is 0 Å². The van der Waals surface area contributed by atoms with Gasteiger partial charge in [0.25, 0.3) is 0 Å². The van der Waals surface area contributed by atoms with Gasteiger partial charge in [-0.15, -0.1) is 0 Å². The summed E-state index contributed by atoms with van der Waals surface area (Å²) in [5.74, 6) is 1.51. The first-order valence-corrected chi connectivity index (χ1v) is 8.89. The Morgan fingerprint density at radius 2 is 2.29 bits per heavy atom. The van der Waals surface area contributed by atoms with Crippen molar-refractivity contribution in [2.75, 3.05) is 39.1 Å². The van der Waals surface area contributed by atoms with Gasteiger partial charge in [0.2, 0.25) is 5.91 Å². The number of piperidine rings is 2. The molecule has 1 aromatic heterocycles. The van der Waals surface area contributed by atoms with E-state index in [0.717, 1.165) is 51.0 Å². The summed E-state index contributed by atoms with van der Waals surface area (Å²) in [5, 5.41) is 0. The summed E-state index contributed by atoms with van der Waals surface area (Å²) in [4.78, 5) is 21.1. The Hall–Kier alpha value is -1.66. The first-order chi connectivity index (χ1) is 11.7. The highest BCUT2D eigenvalue weighted by Gasteiger charge is 2.38. The molecule has 3 rings (SSSR count). The van der Waals surface area contributed by atoms with Gasteiger partial charge in [-0.3, -0.25) is 9.69 Å². The lowest BCUT2D eigenvalue weighted by atomic mass is 9.83. The molecule has 6 nitrogen and oxygen atoms in total. The van der Waals surface area contributed by atoms with Gasteiger partial charge in [0.1, 0.15) is 5.82 Å². The number of nitrogens with two attached hydrogens (primary N) is 1. The third-order valence-corrected chi connectivity index (χ3v) is 5.30. The largest absolute Gasteiger partial charge is 0.385 e. The number of anilines is 1. The van der Waals surface area contributed by atoms with Crippen LogP contribution in [0.5, 0.6) is 0 Å². The van der Waals surface area contributed by atoms with E-state index < -0.39 is 0 Å². The Morgan fingerprint density at radius 3 is 3.08 bits per heavy atom. The van der Waals surface area contributed by atoms with E-state index in [4.69, 9.17) is 10.5 Å². The fourth-order valence-electron chi connectivity index (χ4n) is 4.07. The lowest BCUT2D eigenvalue weighted by Gasteiger charge is -2.47. The van der Waals surface area contributed by atoms with Crippen molar-refractivity contribution in [3.63, 3.8) is 0 Å². The van der Waals surface area contributed by atoms with Crippen molar-refractivity contribution in [1.82, 2.24) is 14.8 Å². The van der Waals surface area contributed by atoms with E-state index >= 15 is 0 Å². The topological polar surface area (TPSA) is 71.7 Å². The molecule has 2 aliphatic rings. The van der Waals surface area contributed by atoms with Crippen molar-refractivity contribution in [3.05, 3.63) is 23.9 Å². The third kappa shape index (κ3) is 3.87. The number of nitrogens with zero attached hydrogens (tertiary/aromatic N) is 3. The predicted molar refractivity (Wildman–Crippen MR) is 93.3 cm³/mol. The van der Waals surface area contributed by atoms with Crippen LogP contribution in [0.25, 0.3) is 0 Å². The van der Waals surface area contributed by atoms with E-state index in [0.29, 0.717) is 36.7 Å². The normalized spacial score (nSPS) is 24.9. The molecule has 1 amide bonds. The number of pyridine rings is 1. The average Bonchev–Trinajstić information content (AvgIpc) is 2.59. The Morgan fingerprint density at radius 1 is 1.42 bits per heavy atom. The minimum absolute atomic E-state index is 0.317. The molecule has 0 bridgehead atoms. The summed E-state index contributed by atoms with van der Waals surface area (Å²) in [5.41, 5.74) is 7.07. The molecule has 0 saturated carbocycles. The Labute approximate surface area is 144 Å². The molecule has 0 radical (unpaired) electrons. The maximum Gasteiger partial charge on any atom is 0.222 e. The molecule has 2 aliphatic heterocycles. The molecule has 0 spiro atoms. The first kappa shape index (κ1) is 17.2. The van der Waals surface area contributed by atoms with E-state index in [1.807, 2.05) is 6.07 Å². The average molecular weight is 332 g/mol. The fraction of sp³-hybridized carbons (Fsp3) is 0.667. The second-order valence-electron chi connectivity index (χ2n) is 6.87. The summed E-state index contributed by atoms with van der Waals surface area (Å²) >= 11 is 0. The van der Waals surface area contributed by atoms with Crippen molar-refractivity contribution in [1.29, 1.82) is 0 Å². The molecule has 3 heterocycles. The van der Waals surface area contributed by atoms with Crippen molar-refractivity contribution in [3.8, 4) is 0 Å². The first-order valence-electron chi connectivity index (χ1n) is 8.89. The molecule has 0 aliphatic carbocycles. The Bertz CT molecular complexity index is 566. The molecular weight excluding hydrogens is 304 g/mol. The summed E-state index contributed by atoms with van der Waals surface area (Å²) in [7, 11) is 1.71. The number of amides is 1. The number of likely N-dealkylation sites (tertiary alicyclic amines) is 2. The second-order valence-corrected chi connectivity index (χ2v) is 6.87. The molecule has 2 N–H and O–H groups in total. The monoisotopic (exact) mass is 332 g/mol. The van der Waals surface area contributed by atoms with E-state index in [1.165, 1.54) is 0 Å². The zero-order valence-electron chi connectivity index (χ0n) is 14.5. The highest BCUT2D eigenvalue weighted by molar-refractivity contribution is 5.77. The molecule has 1 aromatic rings. The number of hydrogen-bond acceptors (Lipinski definition) is 5. The molecule has 6 heteroatoms. The number of fused-ring (bicyclic) bond motifs is 1. The van der Waals surface area contributed by atoms with E-state index in [-0.39, 0.29) is 0 Å². The lowest BCUT2D eigenvalue weighted by Crippen LogP contribution is -2.56. The SMILES string of the molecule is COCCCN1C(=O)CC[C@H]2CN(Cc3cccnc3N)CC[C@H]21. The van der Waals surface area contributed by atoms with Crippen LogP contribution in [0.2, 0.25) is 0 Å². The van der Waals surface area contributed by atoms with Gasteiger partial charge in [0, 0.05) is 64.1 Å². The fourth-order valence-corrected chi connectivity index (χ4v) is 4.07. The summed E-state index contributed by atoms with van der Waals surface area (Å²) < 4.78 is 5.13. The number of nitrogen functional groups attached to an aromatic ring is 1. The predicted octanol–water partition coefficient (Wildman–Crippen LogP) is 1.51. The van der Waals surface area contributed by atoms with Crippen LogP contribution in [0.3, 0.4) is 0 Å². The highest BCUT2D eigenvalue weighted by Crippen LogP contribution is 2.32. The Kier molecular flexibility index (Phi) is 5.68. The number of carbonyl (C=O) groups is 1. The minimum atomic E-state index is 0.317. The number of carbonyl (C=O) groups excluding carboxylic acids is 1. The zero-order chi connectivity index (χ0) is 16.9. The second kappa shape index (κ2) is 7.94. The van der Waals surface area contributed by atoms with Crippen LogP contribution in [-0.4, -0.2) is 60.1 Å². The molecular formula is C18H28N4O2. The number of methoxy groups -OCH3 is 1. The van der Waals surface area contributed by atoms with Gasteiger partial charge in [-0.25, -0.2) is 4.98 Å². The maximum absolute atomic E-state index is 12.3. The van der Waals surface area contributed by atoms with Crippen LogP contribution in [0.1, 0.15) is 31.2 Å². The molecule has 2 saturated heterocycles. The molecule has 132 valence electrons. The van der Waals surface area contributed by atoms with Gasteiger partial charge in [-0.05, 0) is 31.2 Å². The van der Waals surface area contributed by atoms with E-state index in [1.54, 1.807) is 13.3 Å². The van der Waals surface area contributed by atoms with Crippen LogP contribution < -0.4 is 5.73 Å².